The summed E-state index contributed by atoms with van der Waals surface area (Å²) in [4.78, 5) is 2.33. The zero-order valence-corrected chi connectivity index (χ0v) is 10.2. The third kappa shape index (κ3) is 3.60. The third-order valence-corrected chi connectivity index (χ3v) is 2.62. The smallest absolute Gasteiger partial charge is 0.0576 e. The van der Waals surface area contributed by atoms with E-state index < -0.39 is 0 Å². The summed E-state index contributed by atoms with van der Waals surface area (Å²) in [7, 11) is 0. The summed E-state index contributed by atoms with van der Waals surface area (Å²) in [6, 6.07) is 8.63. The van der Waals surface area contributed by atoms with Crippen LogP contribution in [0.1, 0.15) is 19.4 Å². The average Bonchev–Trinajstić information content (AvgIpc) is 2.33. The molecule has 0 unspecified atom stereocenters. The Morgan fingerprint density at radius 3 is 2.31 bits per heavy atom. The van der Waals surface area contributed by atoms with Gasteiger partial charge in [0.15, 0.2) is 0 Å². The molecule has 0 saturated carbocycles. The Labute approximate surface area is 98.7 Å². The molecule has 0 atom stereocenters. The van der Waals surface area contributed by atoms with Gasteiger partial charge in [-0.3, -0.25) is 0 Å². The number of nitrogens with one attached hydrogen (secondary N) is 1. The molecule has 1 N–H and O–H groups in total. The molecule has 0 aliphatic rings. The van der Waals surface area contributed by atoms with E-state index in [1.807, 2.05) is 0 Å². The fraction of sp³-hybridized carbons (Fsp3) is 0.429. The van der Waals surface area contributed by atoms with Gasteiger partial charge in [-0.25, -0.2) is 0 Å². The molecule has 0 spiro atoms. The van der Waals surface area contributed by atoms with Crippen LogP contribution in [0.25, 0.3) is 0 Å². The normalized spacial score (nSPS) is 9.81. The molecule has 2 nitrogen and oxygen atoms in total. The molecule has 1 rings (SSSR count). The Morgan fingerprint density at radius 2 is 1.81 bits per heavy atom. The number of terminal acetylenes is 1. The van der Waals surface area contributed by atoms with E-state index in [9.17, 15) is 0 Å². The molecule has 86 valence electrons. The standard InChI is InChI=1S/C14H20N2/c1-4-11-15-12-13-7-9-14(10-8-13)16(5-2)6-3/h1,7-10,15H,5-6,11-12H2,2-3H3. The summed E-state index contributed by atoms with van der Waals surface area (Å²) < 4.78 is 0. The lowest BCUT2D eigenvalue weighted by Crippen LogP contribution is -2.21. The molecular weight excluding hydrogens is 196 g/mol. The quantitative estimate of drug-likeness (QED) is 0.579. The molecule has 1 aromatic rings. The van der Waals surface area contributed by atoms with Gasteiger partial charge in [0.1, 0.15) is 0 Å². The monoisotopic (exact) mass is 216 g/mol. The van der Waals surface area contributed by atoms with E-state index in [2.05, 4.69) is 54.3 Å². The van der Waals surface area contributed by atoms with Crippen molar-refractivity contribution in [1.29, 1.82) is 0 Å². The van der Waals surface area contributed by atoms with Crippen LogP contribution in [0.3, 0.4) is 0 Å². The molecule has 0 aliphatic heterocycles. The third-order valence-electron chi connectivity index (χ3n) is 2.62. The minimum Gasteiger partial charge on any atom is -0.372 e. The predicted octanol–water partition coefficient (Wildman–Crippen LogP) is 2.26. The minimum atomic E-state index is 0.623. The largest absolute Gasteiger partial charge is 0.372 e. The van der Waals surface area contributed by atoms with Crippen LogP contribution in [-0.2, 0) is 6.54 Å². The van der Waals surface area contributed by atoms with Crippen LogP contribution in [-0.4, -0.2) is 19.6 Å². The number of rotatable bonds is 6. The maximum atomic E-state index is 5.17. The first-order chi connectivity index (χ1) is 7.81. The lowest BCUT2D eigenvalue weighted by Gasteiger charge is -2.21. The highest BCUT2D eigenvalue weighted by atomic mass is 15.1. The Balaban J connectivity index is 2.57. The highest BCUT2D eigenvalue weighted by Gasteiger charge is 2.00. The van der Waals surface area contributed by atoms with E-state index in [4.69, 9.17) is 6.42 Å². The van der Waals surface area contributed by atoms with Crippen molar-refractivity contribution < 1.29 is 0 Å². The molecule has 0 bridgehead atoms. The Kier molecular flexibility index (Phi) is 5.45. The van der Waals surface area contributed by atoms with Crippen LogP contribution >= 0.6 is 0 Å². The second-order valence-corrected chi connectivity index (χ2v) is 3.65. The number of nitrogens with zero attached hydrogens (tertiary/aromatic N) is 1. The maximum Gasteiger partial charge on any atom is 0.0576 e. The zero-order chi connectivity index (χ0) is 11.8. The summed E-state index contributed by atoms with van der Waals surface area (Å²) in [5.74, 6) is 2.57. The van der Waals surface area contributed by atoms with Gasteiger partial charge >= 0.3 is 0 Å². The van der Waals surface area contributed by atoms with Gasteiger partial charge in [0, 0.05) is 25.3 Å². The van der Waals surface area contributed by atoms with Crippen LogP contribution in [0.15, 0.2) is 24.3 Å². The molecule has 0 aliphatic carbocycles. The first-order valence-corrected chi connectivity index (χ1v) is 5.79. The van der Waals surface area contributed by atoms with Crippen LogP contribution < -0.4 is 10.2 Å². The van der Waals surface area contributed by atoms with Gasteiger partial charge in [-0.05, 0) is 31.5 Å². The van der Waals surface area contributed by atoms with Crippen molar-refractivity contribution in [3.8, 4) is 12.3 Å². The molecule has 2 heteroatoms. The molecule has 0 aromatic heterocycles. The molecule has 0 heterocycles. The predicted molar refractivity (Wildman–Crippen MR) is 70.5 cm³/mol. The maximum absolute atomic E-state index is 5.17. The molecule has 0 fully saturated rings. The SMILES string of the molecule is C#CCNCc1ccc(N(CC)CC)cc1. The van der Waals surface area contributed by atoms with Crippen molar-refractivity contribution >= 4 is 5.69 Å². The number of hydrogen-bond donors (Lipinski definition) is 1. The lowest BCUT2D eigenvalue weighted by atomic mass is 10.2. The number of benzene rings is 1. The second-order valence-electron chi connectivity index (χ2n) is 3.65. The van der Waals surface area contributed by atoms with Crippen LogP contribution in [0.5, 0.6) is 0 Å². The molecule has 0 radical (unpaired) electrons. The first-order valence-electron chi connectivity index (χ1n) is 5.79. The van der Waals surface area contributed by atoms with Gasteiger partial charge in [-0.2, -0.15) is 0 Å². The molecule has 1 aromatic carbocycles. The fourth-order valence-electron chi connectivity index (χ4n) is 1.69. The minimum absolute atomic E-state index is 0.623. The zero-order valence-electron chi connectivity index (χ0n) is 10.2. The van der Waals surface area contributed by atoms with Crippen LogP contribution in [0.4, 0.5) is 5.69 Å². The van der Waals surface area contributed by atoms with Gasteiger partial charge in [0.2, 0.25) is 0 Å². The van der Waals surface area contributed by atoms with E-state index >= 15 is 0 Å². The summed E-state index contributed by atoms with van der Waals surface area (Å²) >= 11 is 0. The Morgan fingerprint density at radius 1 is 1.19 bits per heavy atom. The van der Waals surface area contributed by atoms with Crippen molar-refractivity contribution in [2.75, 3.05) is 24.5 Å². The van der Waals surface area contributed by atoms with Crippen molar-refractivity contribution in [3.05, 3.63) is 29.8 Å². The van der Waals surface area contributed by atoms with Gasteiger partial charge in [0.25, 0.3) is 0 Å². The van der Waals surface area contributed by atoms with Crippen molar-refractivity contribution in [3.63, 3.8) is 0 Å². The first kappa shape index (κ1) is 12.6. The van der Waals surface area contributed by atoms with E-state index in [0.717, 1.165) is 19.6 Å². The molecular formula is C14H20N2. The highest BCUT2D eigenvalue weighted by Crippen LogP contribution is 2.14. The van der Waals surface area contributed by atoms with Crippen molar-refractivity contribution in [1.82, 2.24) is 5.32 Å². The number of anilines is 1. The summed E-state index contributed by atoms with van der Waals surface area (Å²) in [6.45, 7) is 7.90. The summed E-state index contributed by atoms with van der Waals surface area (Å²) in [5.41, 5.74) is 2.55. The van der Waals surface area contributed by atoms with Gasteiger partial charge in [-0.15, -0.1) is 6.42 Å². The van der Waals surface area contributed by atoms with E-state index in [0.29, 0.717) is 6.54 Å². The topological polar surface area (TPSA) is 15.3 Å². The van der Waals surface area contributed by atoms with Crippen LogP contribution in [0.2, 0.25) is 0 Å². The van der Waals surface area contributed by atoms with Crippen molar-refractivity contribution in [2.45, 2.75) is 20.4 Å². The fourth-order valence-corrected chi connectivity index (χ4v) is 1.69. The lowest BCUT2D eigenvalue weighted by molar-refractivity contribution is 0.769. The molecule has 0 amide bonds. The Bertz CT molecular complexity index is 331. The van der Waals surface area contributed by atoms with E-state index in [1.54, 1.807) is 0 Å². The molecule has 16 heavy (non-hydrogen) atoms. The van der Waals surface area contributed by atoms with Gasteiger partial charge in [-0.1, -0.05) is 18.1 Å². The van der Waals surface area contributed by atoms with E-state index in [-0.39, 0.29) is 0 Å². The molecule has 0 saturated heterocycles. The van der Waals surface area contributed by atoms with Gasteiger partial charge in [0.05, 0.1) is 6.54 Å². The highest BCUT2D eigenvalue weighted by molar-refractivity contribution is 5.47. The summed E-state index contributed by atoms with van der Waals surface area (Å²) in [5, 5.41) is 3.18. The van der Waals surface area contributed by atoms with Gasteiger partial charge < -0.3 is 10.2 Å². The Hall–Kier alpha value is -1.46. The van der Waals surface area contributed by atoms with E-state index in [1.165, 1.54) is 11.3 Å². The number of hydrogen-bond acceptors (Lipinski definition) is 2. The average molecular weight is 216 g/mol. The second kappa shape index (κ2) is 6.92. The van der Waals surface area contributed by atoms with Crippen LogP contribution in [0, 0.1) is 12.3 Å². The van der Waals surface area contributed by atoms with Crippen molar-refractivity contribution in [2.24, 2.45) is 0 Å². The summed E-state index contributed by atoms with van der Waals surface area (Å²) in [6.07, 6.45) is 5.17.